The van der Waals surface area contributed by atoms with Crippen molar-refractivity contribution in [2.45, 2.75) is 25.3 Å². The van der Waals surface area contributed by atoms with Crippen LogP contribution in [0.1, 0.15) is 45.9 Å². The van der Waals surface area contributed by atoms with E-state index in [1.165, 1.54) is 5.56 Å². The van der Waals surface area contributed by atoms with E-state index in [1.54, 1.807) is 13.2 Å². The molecule has 0 saturated carbocycles. The molecule has 0 radical (unpaired) electrons. The zero-order valence-electron chi connectivity index (χ0n) is 20.5. The summed E-state index contributed by atoms with van der Waals surface area (Å²) in [5.41, 5.74) is 11.8. The Kier molecular flexibility index (Phi) is 6.94. The molecule has 3 aromatic carbocycles. The zero-order valence-corrected chi connectivity index (χ0v) is 20.5. The average molecular weight is 478 g/mol. The number of hydrogen-bond donors (Lipinski definition) is 2. The van der Waals surface area contributed by atoms with Crippen LogP contribution in [0.2, 0.25) is 0 Å². The number of carbonyl (C=O) groups excluding carboxylic acids is 1. The molecule has 6 heteroatoms. The first kappa shape index (κ1) is 23.5. The van der Waals surface area contributed by atoms with Crippen molar-refractivity contribution in [3.8, 4) is 0 Å². The summed E-state index contributed by atoms with van der Waals surface area (Å²) in [5, 5.41) is 4.74. The van der Waals surface area contributed by atoms with Crippen molar-refractivity contribution in [3.05, 3.63) is 107 Å². The highest BCUT2D eigenvalue weighted by atomic mass is 16.2. The molecule has 4 aromatic rings. The largest absolute Gasteiger partial charge is 0.384 e. The fourth-order valence-electron chi connectivity index (χ4n) is 4.84. The zero-order chi connectivity index (χ0) is 24.9. The first-order valence-corrected chi connectivity index (χ1v) is 12.4. The first-order valence-electron chi connectivity index (χ1n) is 12.4. The molecule has 1 aliphatic heterocycles. The van der Waals surface area contributed by atoms with Gasteiger partial charge in [-0.05, 0) is 60.7 Å². The molecule has 3 N–H and O–H groups in total. The summed E-state index contributed by atoms with van der Waals surface area (Å²) in [4.78, 5) is 23.6. The van der Waals surface area contributed by atoms with Gasteiger partial charge >= 0.3 is 0 Å². The summed E-state index contributed by atoms with van der Waals surface area (Å²) in [6.07, 6.45) is 4.74. The number of nitrogens with two attached hydrogens (primary N) is 1. The van der Waals surface area contributed by atoms with Gasteiger partial charge in [0.05, 0.1) is 11.6 Å². The van der Waals surface area contributed by atoms with Gasteiger partial charge in [0, 0.05) is 48.5 Å². The highest BCUT2D eigenvalue weighted by Gasteiger charge is 2.20. The number of pyridine rings is 1. The SMILES string of the molecule is CN=C(N)c1cccc(C(Cc2ccccc2)Nc2ccnc3cc(C(=O)N4CCCC4)ccc23)c1. The quantitative estimate of drug-likeness (QED) is 0.283. The number of aliphatic imine (C=N–C) groups is 1. The topological polar surface area (TPSA) is 83.6 Å². The van der Waals surface area contributed by atoms with Crippen molar-refractivity contribution in [2.24, 2.45) is 10.7 Å². The van der Waals surface area contributed by atoms with Crippen molar-refractivity contribution >= 4 is 28.3 Å². The van der Waals surface area contributed by atoms with E-state index in [0.717, 1.165) is 60.1 Å². The Morgan fingerprint density at radius 2 is 1.81 bits per heavy atom. The maximum atomic E-state index is 12.9. The van der Waals surface area contributed by atoms with Crippen molar-refractivity contribution in [3.63, 3.8) is 0 Å². The molecule has 2 heterocycles. The predicted octanol–water partition coefficient (Wildman–Crippen LogP) is 5.20. The normalized spacial score (nSPS) is 14.7. The van der Waals surface area contributed by atoms with Gasteiger partial charge in [0.1, 0.15) is 5.84 Å². The molecule has 36 heavy (non-hydrogen) atoms. The lowest BCUT2D eigenvalue weighted by Gasteiger charge is -2.23. The number of carbonyl (C=O) groups is 1. The summed E-state index contributed by atoms with van der Waals surface area (Å²) in [5.74, 6) is 0.600. The van der Waals surface area contributed by atoms with Crippen LogP contribution in [0, 0.1) is 0 Å². The lowest BCUT2D eigenvalue weighted by molar-refractivity contribution is 0.0793. The van der Waals surface area contributed by atoms with Gasteiger partial charge in [-0.3, -0.25) is 14.8 Å². The van der Waals surface area contributed by atoms with Gasteiger partial charge in [-0.2, -0.15) is 0 Å². The van der Waals surface area contributed by atoms with E-state index >= 15 is 0 Å². The highest BCUT2D eigenvalue weighted by Crippen LogP contribution is 2.30. The Bertz CT molecular complexity index is 1390. The Balaban J connectivity index is 1.49. The third-order valence-corrected chi connectivity index (χ3v) is 6.82. The van der Waals surface area contributed by atoms with E-state index in [1.807, 2.05) is 47.4 Å². The molecule has 1 unspecified atom stereocenters. The molecule has 5 rings (SSSR count). The van der Waals surface area contributed by atoms with Gasteiger partial charge in [-0.15, -0.1) is 0 Å². The summed E-state index contributed by atoms with van der Waals surface area (Å²) >= 11 is 0. The van der Waals surface area contributed by atoms with Crippen LogP contribution in [0.4, 0.5) is 5.69 Å². The van der Waals surface area contributed by atoms with E-state index in [0.29, 0.717) is 11.4 Å². The van der Waals surface area contributed by atoms with Crippen LogP contribution in [-0.2, 0) is 6.42 Å². The Morgan fingerprint density at radius 1 is 1.00 bits per heavy atom. The summed E-state index contributed by atoms with van der Waals surface area (Å²) in [6.45, 7) is 1.67. The van der Waals surface area contributed by atoms with Crippen LogP contribution in [0.5, 0.6) is 0 Å². The molecule has 0 spiro atoms. The minimum Gasteiger partial charge on any atom is -0.384 e. The second-order valence-corrected chi connectivity index (χ2v) is 9.21. The number of benzene rings is 3. The van der Waals surface area contributed by atoms with E-state index < -0.39 is 0 Å². The van der Waals surface area contributed by atoms with Gasteiger partial charge in [-0.25, -0.2) is 0 Å². The molecule has 1 aliphatic rings. The van der Waals surface area contributed by atoms with Crippen molar-refractivity contribution in [1.29, 1.82) is 0 Å². The minimum absolute atomic E-state index is 0.00601. The maximum absolute atomic E-state index is 12.9. The number of likely N-dealkylation sites (tertiary alicyclic amines) is 1. The number of nitrogens with one attached hydrogen (secondary N) is 1. The lowest BCUT2D eigenvalue weighted by atomic mass is 9.96. The van der Waals surface area contributed by atoms with Crippen LogP contribution < -0.4 is 11.1 Å². The van der Waals surface area contributed by atoms with Crippen molar-refractivity contribution in [2.75, 3.05) is 25.5 Å². The third kappa shape index (κ3) is 5.08. The molecule has 1 fully saturated rings. The van der Waals surface area contributed by atoms with Crippen molar-refractivity contribution < 1.29 is 4.79 Å². The molecule has 0 bridgehead atoms. The molecule has 182 valence electrons. The first-order chi connectivity index (χ1) is 17.6. The second-order valence-electron chi connectivity index (χ2n) is 9.21. The number of amides is 1. The fraction of sp³-hybridized carbons (Fsp3) is 0.233. The lowest BCUT2D eigenvalue weighted by Crippen LogP contribution is -2.27. The molecular formula is C30H31N5O. The maximum Gasteiger partial charge on any atom is 0.253 e. The van der Waals surface area contributed by atoms with Gasteiger partial charge in [0.15, 0.2) is 0 Å². The smallest absolute Gasteiger partial charge is 0.253 e. The van der Waals surface area contributed by atoms with Crippen molar-refractivity contribution in [1.82, 2.24) is 9.88 Å². The second kappa shape index (κ2) is 10.6. The summed E-state index contributed by atoms with van der Waals surface area (Å²) in [7, 11) is 1.70. The van der Waals surface area contributed by atoms with Gasteiger partial charge in [0.2, 0.25) is 0 Å². The highest BCUT2D eigenvalue weighted by molar-refractivity contribution is 6.00. The fourth-order valence-corrected chi connectivity index (χ4v) is 4.84. The molecule has 1 amide bonds. The molecule has 6 nitrogen and oxygen atoms in total. The molecule has 0 aliphatic carbocycles. The molecule has 1 atom stereocenters. The molecule has 1 aromatic heterocycles. The van der Waals surface area contributed by atoms with E-state index in [2.05, 4.69) is 51.7 Å². The standard InChI is InChI=1S/C30H31N5O/c1-32-29(31)23-11-7-10-22(19-23)27(18-21-8-3-2-4-9-21)34-26-14-15-33-28-20-24(12-13-25(26)28)30(36)35-16-5-6-17-35/h2-4,7-15,19-20,27H,5-6,16-18H2,1H3,(H2,31,32)(H,33,34). The van der Waals surface area contributed by atoms with E-state index in [9.17, 15) is 4.79 Å². The minimum atomic E-state index is -0.00601. The van der Waals surface area contributed by atoms with Crippen LogP contribution >= 0.6 is 0 Å². The van der Waals surface area contributed by atoms with Crippen LogP contribution in [0.3, 0.4) is 0 Å². The Morgan fingerprint density at radius 3 is 2.58 bits per heavy atom. The number of aromatic nitrogens is 1. The summed E-state index contributed by atoms with van der Waals surface area (Å²) < 4.78 is 0. The monoisotopic (exact) mass is 477 g/mol. The Hall–Kier alpha value is -4.19. The third-order valence-electron chi connectivity index (χ3n) is 6.82. The summed E-state index contributed by atoms with van der Waals surface area (Å²) in [6, 6.07) is 26.5. The number of nitrogens with zero attached hydrogens (tertiary/aromatic N) is 3. The van der Waals surface area contributed by atoms with E-state index in [4.69, 9.17) is 5.73 Å². The van der Waals surface area contributed by atoms with Crippen LogP contribution in [0.25, 0.3) is 10.9 Å². The Labute approximate surface area is 211 Å². The average Bonchev–Trinajstić information content (AvgIpc) is 3.47. The molecular weight excluding hydrogens is 446 g/mol. The number of amidine groups is 1. The van der Waals surface area contributed by atoms with Gasteiger partial charge in [-0.1, -0.05) is 48.5 Å². The van der Waals surface area contributed by atoms with E-state index in [-0.39, 0.29) is 11.9 Å². The van der Waals surface area contributed by atoms with Gasteiger partial charge in [0.25, 0.3) is 5.91 Å². The van der Waals surface area contributed by atoms with Crippen LogP contribution in [0.15, 0.2) is 90.1 Å². The number of fused-ring (bicyclic) bond motifs is 1. The predicted molar refractivity (Wildman–Crippen MR) is 146 cm³/mol. The molecule has 1 saturated heterocycles. The van der Waals surface area contributed by atoms with Gasteiger partial charge < -0.3 is 16.0 Å². The number of rotatable bonds is 7. The van der Waals surface area contributed by atoms with Crippen LogP contribution in [-0.4, -0.2) is 41.8 Å². The number of hydrogen-bond acceptors (Lipinski definition) is 4. The number of anilines is 1.